The SMILES string of the molecule is CCCSc1cc(N2CCC(OC)C2)ncc1N(C)C=O. The van der Waals surface area contributed by atoms with E-state index in [-0.39, 0.29) is 6.10 Å². The molecule has 1 aromatic heterocycles. The van der Waals surface area contributed by atoms with Crippen LogP contribution in [0.1, 0.15) is 19.8 Å². The summed E-state index contributed by atoms with van der Waals surface area (Å²) in [5, 5.41) is 0. The molecule has 5 nitrogen and oxygen atoms in total. The highest BCUT2D eigenvalue weighted by molar-refractivity contribution is 7.99. The van der Waals surface area contributed by atoms with E-state index in [1.54, 1.807) is 37.0 Å². The van der Waals surface area contributed by atoms with Crippen LogP contribution in [0.15, 0.2) is 17.2 Å². The Hall–Kier alpha value is -1.27. The molecule has 0 bridgehead atoms. The van der Waals surface area contributed by atoms with Gasteiger partial charge in [0.05, 0.1) is 18.0 Å². The lowest BCUT2D eigenvalue weighted by Crippen LogP contribution is -2.23. The average Bonchev–Trinajstić information content (AvgIpc) is 3.01. The molecule has 0 aliphatic carbocycles. The molecule has 116 valence electrons. The molecule has 1 atom stereocenters. The first-order valence-electron chi connectivity index (χ1n) is 7.28. The zero-order valence-corrected chi connectivity index (χ0v) is 13.7. The second kappa shape index (κ2) is 7.66. The molecule has 1 aliphatic rings. The van der Waals surface area contributed by atoms with E-state index >= 15 is 0 Å². The zero-order valence-electron chi connectivity index (χ0n) is 12.9. The van der Waals surface area contributed by atoms with E-state index in [9.17, 15) is 4.79 Å². The fourth-order valence-corrected chi connectivity index (χ4v) is 3.33. The van der Waals surface area contributed by atoms with Gasteiger partial charge in [-0.1, -0.05) is 6.92 Å². The molecule has 1 aliphatic heterocycles. The highest BCUT2D eigenvalue weighted by Crippen LogP contribution is 2.33. The van der Waals surface area contributed by atoms with Crippen molar-refractivity contribution in [1.82, 2.24) is 4.98 Å². The van der Waals surface area contributed by atoms with Gasteiger partial charge in [0.25, 0.3) is 0 Å². The Morgan fingerprint density at radius 2 is 2.43 bits per heavy atom. The van der Waals surface area contributed by atoms with Gasteiger partial charge in [-0.05, 0) is 24.7 Å². The van der Waals surface area contributed by atoms with Gasteiger partial charge < -0.3 is 14.5 Å². The number of methoxy groups -OCH3 is 1. The van der Waals surface area contributed by atoms with Crippen molar-refractivity contribution in [1.29, 1.82) is 0 Å². The van der Waals surface area contributed by atoms with E-state index in [1.165, 1.54) is 0 Å². The summed E-state index contributed by atoms with van der Waals surface area (Å²) in [6, 6.07) is 2.09. The largest absolute Gasteiger partial charge is 0.380 e. The quantitative estimate of drug-likeness (QED) is 0.572. The normalized spacial score (nSPS) is 18.0. The maximum absolute atomic E-state index is 11.0. The summed E-state index contributed by atoms with van der Waals surface area (Å²) >= 11 is 1.77. The van der Waals surface area contributed by atoms with Crippen molar-refractivity contribution in [3.63, 3.8) is 0 Å². The minimum absolute atomic E-state index is 0.288. The first kappa shape index (κ1) is 16.1. The number of amides is 1. The van der Waals surface area contributed by atoms with Crippen LogP contribution in [-0.4, -0.2) is 50.5 Å². The number of carbonyl (C=O) groups excluding carboxylic acids is 1. The van der Waals surface area contributed by atoms with Gasteiger partial charge in [-0.3, -0.25) is 4.79 Å². The van der Waals surface area contributed by atoms with Gasteiger partial charge in [-0.15, -0.1) is 11.8 Å². The van der Waals surface area contributed by atoms with Crippen LogP contribution in [0.5, 0.6) is 0 Å². The fraction of sp³-hybridized carbons (Fsp3) is 0.600. The van der Waals surface area contributed by atoms with Gasteiger partial charge in [-0.2, -0.15) is 0 Å². The second-order valence-corrected chi connectivity index (χ2v) is 6.30. The van der Waals surface area contributed by atoms with Crippen LogP contribution in [0.3, 0.4) is 0 Å². The van der Waals surface area contributed by atoms with Crippen LogP contribution >= 0.6 is 11.8 Å². The van der Waals surface area contributed by atoms with E-state index in [0.29, 0.717) is 0 Å². The molecule has 0 saturated carbocycles. The molecule has 21 heavy (non-hydrogen) atoms. The maximum Gasteiger partial charge on any atom is 0.213 e. The summed E-state index contributed by atoms with van der Waals surface area (Å²) in [5.74, 6) is 2.00. The molecule has 0 spiro atoms. The third-order valence-corrected chi connectivity index (χ3v) is 4.88. The van der Waals surface area contributed by atoms with Crippen molar-refractivity contribution >= 4 is 29.7 Å². The zero-order chi connectivity index (χ0) is 15.2. The summed E-state index contributed by atoms with van der Waals surface area (Å²) in [7, 11) is 3.52. The maximum atomic E-state index is 11.0. The third-order valence-electron chi connectivity index (χ3n) is 3.63. The van der Waals surface area contributed by atoms with E-state index in [4.69, 9.17) is 4.74 Å². The van der Waals surface area contributed by atoms with E-state index in [0.717, 1.165) is 54.5 Å². The summed E-state index contributed by atoms with van der Waals surface area (Å²) in [4.78, 5) is 20.5. The molecule has 1 unspecified atom stereocenters. The first-order chi connectivity index (χ1) is 10.2. The molecule has 1 aromatic rings. The number of nitrogens with zero attached hydrogens (tertiary/aromatic N) is 3. The monoisotopic (exact) mass is 309 g/mol. The Labute approximate surface area is 130 Å². The van der Waals surface area contributed by atoms with Gasteiger partial charge >= 0.3 is 0 Å². The van der Waals surface area contributed by atoms with Crippen LogP contribution in [0.4, 0.5) is 11.5 Å². The Morgan fingerprint density at radius 1 is 1.62 bits per heavy atom. The second-order valence-electron chi connectivity index (χ2n) is 5.17. The molecule has 1 fully saturated rings. The Morgan fingerprint density at radius 3 is 3.05 bits per heavy atom. The minimum atomic E-state index is 0.288. The Bertz CT molecular complexity index is 484. The number of pyridine rings is 1. The number of carbonyl (C=O) groups is 1. The number of hydrogen-bond acceptors (Lipinski definition) is 5. The minimum Gasteiger partial charge on any atom is -0.380 e. The first-order valence-corrected chi connectivity index (χ1v) is 8.26. The van der Waals surface area contributed by atoms with Crippen LogP contribution < -0.4 is 9.80 Å². The molecule has 2 rings (SSSR count). The van der Waals surface area contributed by atoms with Gasteiger partial charge in [0.1, 0.15) is 5.82 Å². The molecule has 0 aromatic carbocycles. The van der Waals surface area contributed by atoms with Gasteiger partial charge in [0.2, 0.25) is 6.41 Å². The molecular weight excluding hydrogens is 286 g/mol. The molecule has 0 radical (unpaired) electrons. The number of aromatic nitrogens is 1. The predicted molar refractivity (Wildman–Crippen MR) is 87.3 cm³/mol. The summed E-state index contributed by atoms with van der Waals surface area (Å²) in [6.07, 6.45) is 5.04. The molecular formula is C15H23N3O2S. The van der Waals surface area contributed by atoms with Gasteiger partial charge in [-0.25, -0.2) is 4.98 Å². The Kier molecular flexibility index (Phi) is 5.87. The molecule has 1 amide bonds. The highest BCUT2D eigenvalue weighted by atomic mass is 32.2. The van der Waals surface area contributed by atoms with E-state index in [1.807, 2.05) is 0 Å². The van der Waals surface area contributed by atoms with Crippen molar-refractivity contribution in [2.75, 3.05) is 42.8 Å². The van der Waals surface area contributed by atoms with E-state index < -0.39 is 0 Å². The smallest absolute Gasteiger partial charge is 0.213 e. The molecule has 6 heteroatoms. The molecule has 2 heterocycles. The van der Waals surface area contributed by atoms with Crippen molar-refractivity contribution in [3.05, 3.63) is 12.3 Å². The van der Waals surface area contributed by atoms with Crippen molar-refractivity contribution in [2.24, 2.45) is 0 Å². The molecule has 0 N–H and O–H groups in total. The van der Waals surface area contributed by atoms with Crippen molar-refractivity contribution in [3.8, 4) is 0 Å². The van der Waals surface area contributed by atoms with Crippen LogP contribution in [-0.2, 0) is 9.53 Å². The molecule has 1 saturated heterocycles. The van der Waals surface area contributed by atoms with E-state index in [2.05, 4.69) is 22.9 Å². The van der Waals surface area contributed by atoms with Crippen LogP contribution in [0, 0.1) is 0 Å². The lowest BCUT2D eigenvalue weighted by atomic mass is 10.3. The van der Waals surface area contributed by atoms with Crippen molar-refractivity contribution < 1.29 is 9.53 Å². The predicted octanol–water partition coefficient (Wildman–Crippen LogP) is 2.40. The lowest BCUT2D eigenvalue weighted by molar-refractivity contribution is -0.107. The number of rotatable bonds is 7. The average molecular weight is 309 g/mol. The third kappa shape index (κ3) is 3.89. The van der Waals surface area contributed by atoms with Crippen molar-refractivity contribution in [2.45, 2.75) is 30.8 Å². The number of ether oxygens (including phenoxy) is 1. The summed E-state index contributed by atoms with van der Waals surface area (Å²) in [5.41, 5.74) is 0.870. The number of hydrogen-bond donors (Lipinski definition) is 0. The van der Waals surface area contributed by atoms with Gasteiger partial charge in [0.15, 0.2) is 0 Å². The van der Waals surface area contributed by atoms with Crippen LogP contribution in [0.2, 0.25) is 0 Å². The highest BCUT2D eigenvalue weighted by Gasteiger charge is 2.24. The Balaban J connectivity index is 2.22. The standard InChI is InChI=1S/C15H23N3O2S/c1-4-7-21-14-8-15(16-9-13(14)17(2)11-19)18-6-5-12(10-18)20-3/h8-9,11-12H,4-7,10H2,1-3H3. The lowest BCUT2D eigenvalue weighted by Gasteiger charge is -2.21. The van der Waals surface area contributed by atoms with Gasteiger partial charge in [0, 0.05) is 32.1 Å². The summed E-state index contributed by atoms with van der Waals surface area (Å²) < 4.78 is 5.41. The number of anilines is 2. The number of thioether (sulfide) groups is 1. The van der Waals surface area contributed by atoms with Crippen LogP contribution in [0.25, 0.3) is 0 Å². The topological polar surface area (TPSA) is 45.7 Å². The summed E-state index contributed by atoms with van der Waals surface area (Å²) in [6.45, 7) is 4.00. The fourth-order valence-electron chi connectivity index (χ4n) is 2.37.